The molecule has 0 fully saturated rings. The second kappa shape index (κ2) is 6.08. The summed E-state index contributed by atoms with van der Waals surface area (Å²) < 4.78 is 0. The molecule has 2 heterocycles. The average Bonchev–Trinajstić information content (AvgIpc) is 2.41. The monoisotopic (exact) mass is 296 g/mol. The minimum absolute atomic E-state index is 0.289. The summed E-state index contributed by atoms with van der Waals surface area (Å²) in [5, 5.41) is 0.868. The molecule has 0 aliphatic heterocycles. The second-order valence-corrected chi connectivity index (χ2v) is 5.00. The highest BCUT2D eigenvalue weighted by molar-refractivity contribution is 6.37. The van der Waals surface area contributed by atoms with Crippen LogP contribution in [0, 0.1) is 0 Å². The molecule has 2 N–H and O–H groups in total. The van der Waals surface area contributed by atoms with Gasteiger partial charge < -0.3 is 10.6 Å². The van der Waals surface area contributed by atoms with Gasteiger partial charge >= 0.3 is 0 Å². The zero-order chi connectivity index (χ0) is 13.8. The van der Waals surface area contributed by atoms with E-state index in [1.54, 1.807) is 18.5 Å². The molecule has 0 saturated carbocycles. The Morgan fingerprint density at radius 1 is 1.21 bits per heavy atom. The first-order valence-electron chi connectivity index (χ1n) is 5.79. The van der Waals surface area contributed by atoms with E-state index in [1.165, 1.54) is 5.56 Å². The normalized spacial score (nSPS) is 10.5. The van der Waals surface area contributed by atoms with Crippen LogP contribution < -0.4 is 10.6 Å². The summed E-state index contributed by atoms with van der Waals surface area (Å²) in [6, 6.07) is 5.59. The summed E-state index contributed by atoms with van der Waals surface area (Å²) in [4.78, 5) is 10.2. The lowest BCUT2D eigenvalue weighted by atomic mass is 10.2. The molecule has 0 bridgehead atoms. The number of nitrogen functional groups attached to an aromatic ring is 1. The lowest BCUT2D eigenvalue weighted by Gasteiger charge is -2.20. The van der Waals surface area contributed by atoms with E-state index in [0.717, 1.165) is 13.0 Å². The van der Waals surface area contributed by atoms with Crippen molar-refractivity contribution in [3.8, 4) is 0 Å². The van der Waals surface area contributed by atoms with Crippen molar-refractivity contribution in [2.75, 3.05) is 24.2 Å². The maximum atomic E-state index is 6.12. The zero-order valence-corrected chi connectivity index (χ0v) is 12.0. The maximum Gasteiger partial charge on any atom is 0.149 e. The van der Waals surface area contributed by atoms with Crippen LogP contribution in [0.5, 0.6) is 0 Å². The minimum Gasteiger partial charge on any atom is -0.382 e. The van der Waals surface area contributed by atoms with Gasteiger partial charge in [0, 0.05) is 26.0 Å². The quantitative estimate of drug-likeness (QED) is 0.942. The molecule has 100 valence electrons. The summed E-state index contributed by atoms with van der Waals surface area (Å²) in [5.41, 5.74) is 6.91. The molecule has 19 heavy (non-hydrogen) atoms. The largest absolute Gasteiger partial charge is 0.382 e. The Morgan fingerprint density at radius 3 is 2.58 bits per heavy atom. The number of nitrogens with zero attached hydrogens (tertiary/aromatic N) is 3. The summed E-state index contributed by atoms with van der Waals surface area (Å²) in [6.45, 7) is 0.776. The Labute approximate surface area is 122 Å². The molecule has 0 aliphatic rings. The third-order valence-electron chi connectivity index (χ3n) is 2.78. The third kappa shape index (κ3) is 3.49. The first-order valence-corrected chi connectivity index (χ1v) is 6.55. The Bertz CT molecular complexity index is 560. The number of hydrogen-bond donors (Lipinski definition) is 1. The SMILES string of the molecule is CN(CCc1ccncc1)c1nc(N)c(Cl)cc1Cl. The summed E-state index contributed by atoms with van der Waals surface area (Å²) in [7, 11) is 1.92. The fourth-order valence-electron chi connectivity index (χ4n) is 1.69. The average molecular weight is 297 g/mol. The number of halogens is 2. The van der Waals surface area contributed by atoms with E-state index in [0.29, 0.717) is 15.9 Å². The maximum absolute atomic E-state index is 6.12. The lowest BCUT2D eigenvalue weighted by molar-refractivity contribution is 0.859. The number of likely N-dealkylation sites (N-methyl/N-ethyl adjacent to an activating group) is 1. The molecule has 6 heteroatoms. The van der Waals surface area contributed by atoms with E-state index in [1.807, 2.05) is 24.1 Å². The predicted molar refractivity (Wildman–Crippen MR) is 79.9 cm³/mol. The van der Waals surface area contributed by atoms with Gasteiger partial charge in [-0.25, -0.2) is 4.98 Å². The van der Waals surface area contributed by atoms with Crippen LogP contribution in [-0.2, 0) is 6.42 Å². The Balaban J connectivity index is 2.08. The number of rotatable bonds is 4. The van der Waals surface area contributed by atoms with Crippen LogP contribution in [-0.4, -0.2) is 23.6 Å². The van der Waals surface area contributed by atoms with Crippen molar-refractivity contribution in [3.63, 3.8) is 0 Å². The number of aromatic nitrogens is 2. The molecule has 4 nitrogen and oxygen atoms in total. The van der Waals surface area contributed by atoms with E-state index in [9.17, 15) is 0 Å². The second-order valence-electron chi connectivity index (χ2n) is 4.19. The lowest BCUT2D eigenvalue weighted by Crippen LogP contribution is -2.22. The van der Waals surface area contributed by atoms with Crippen molar-refractivity contribution < 1.29 is 0 Å². The van der Waals surface area contributed by atoms with Gasteiger partial charge in [-0.15, -0.1) is 0 Å². The highest BCUT2D eigenvalue weighted by atomic mass is 35.5. The molecular weight excluding hydrogens is 283 g/mol. The van der Waals surface area contributed by atoms with Crippen molar-refractivity contribution >= 4 is 34.8 Å². The van der Waals surface area contributed by atoms with Crippen molar-refractivity contribution in [1.29, 1.82) is 0 Å². The highest BCUT2D eigenvalue weighted by Gasteiger charge is 2.11. The van der Waals surface area contributed by atoms with E-state index in [4.69, 9.17) is 28.9 Å². The molecule has 2 rings (SSSR count). The van der Waals surface area contributed by atoms with Gasteiger partial charge in [0.25, 0.3) is 0 Å². The number of pyridine rings is 2. The molecule has 0 saturated heterocycles. The predicted octanol–water partition coefficient (Wildman–Crippen LogP) is 3.04. The topological polar surface area (TPSA) is 55.0 Å². The highest BCUT2D eigenvalue weighted by Crippen LogP contribution is 2.29. The Hall–Kier alpha value is -1.52. The summed E-state index contributed by atoms with van der Waals surface area (Å²) in [6.07, 6.45) is 4.43. The van der Waals surface area contributed by atoms with Crippen LogP contribution in [0.1, 0.15) is 5.56 Å². The number of nitrogens with two attached hydrogens (primary N) is 1. The first-order chi connectivity index (χ1) is 9.08. The molecule has 0 radical (unpaired) electrons. The molecule has 2 aromatic rings. The fourth-order valence-corrected chi connectivity index (χ4v) is 2.19. The van der Waals surface area contributed by atoms with Crippen molar-refractivity contribution in [1.82, 2.24) is 9.97 Å². The van der Waals surface area contributed by atoms with E-state index >= 15 is 0 Å². The van der Waals surface area contributed by atoms with Crippen LogP contribution in [0.3, 0.4) is 0 Å². The molecule has 2 aromatic heterocycles. The van der Waals surface area contributed by atoms with Gasteiger partial charge in [0.2, 0.25) is 0 Å². The van der Waals surface area contributed by atoms with Gasteiger partial charge in [-0.2, -0.15) is 0 Å². The molecule has 0 aliphatic carbocycles. The fraction of sp³-hybridized carbons (Fsp3) is 0.231. The number of anilines is 2. The van der Waals surface area contributed by atoms with Gasteiger partial charge in [0.15, 0.2) is 0 Å². The van der Waals surface area contributed by atoms with Gasteiger partial charge in [0.1, 0.15) is 11.6 Å². The van der Waals surface area contributed by atoms with Gasteiger partial charge in [-0.3, -0.25) is 4.98 Å². The molecule has 0 atom stereocenters. The molecular formula is C13H14Cl2N4. The Morgan fingerprint density at radius 2 is 1.89 bits per heavy atom. The van der Waals surface area contributed by atoms with Gasteiger partial charge in [-0.1, -0.05) is 23.2 Å². The van der Waals surface area contributed by atoms with E-state index < -0.39 is 0 Å². The molecule has 0 spiro atoms. The van der Waals surface area contributed by atoms with Crippen LogP contribution in [0.15, 0.2) is 30.6 Å². The molecule has 0 unspecified atom stereocenters. The standard InChI is InChI=1S/C13H14Cl2N4/c1-19(7-4-9-2-5-17-6-3-9)13-11(15)8-10(14)12(16)18-13/h2-3,5-6,8H,4,7H2,1H3,(H2,16,18). The summed E-state index contributed by atoms with van der Waals surface area (Å²) >= 11 is 12.0. The van der Waals surface area contributed by atoms with Crippen molar-refractivity contribution in [3.05, 3.63) is 46.2 Å². The van der Waals surface area contributed by atoms with Crippen LogP contribution in [0.25, 0.3) is 0 Å². The smallest absolute Gasteiger partial charge is 0.149 e. The van der Waals surface area contributed by atoms with Gasteiger partial charge in [-0.05, 0) is 30.2 Å². The van der Waals surface area contributed by atoms with E-state index in [2.05, 4.69) is 9.97 Å². The zero-order valence-electron chi connectivity index (χ0n) is 10.5. The molecule has 0 aromatic carbocycles. The third-order valence-corrected chi connectivity index (χ3v) is 3.37. The Kier molecular flexibility index (Phi) is 4.45. The van der Waals surface area contributed by atoms with Crippen LogP contribution in [0.4, 0.5) is 11.6 Å². The minimum atomic E-state index is 0.289. The van der Waals surface area contributed by atoms with Crippen LogP contribution in [0.2, 0.25) is 10.0 Å². The molecule has 0 amide bonds. The van der Waals surface area contributed by atoms with Gasteiger partial charge in [0.05, 0.1) is 10.0 Å². The van der Waals surface area contributed by atoms with Crippen molar-refractivity contribution in [2.24, 2.45) is 0 Å². The first kappa shape index (κ1) is 13.9. The van der Waals surface area contributed by atoms with Crippen LogP contribution >= 0.6 is 23.2 Å². The van der Waals surface area contributed by atoms with Crippen molar-refractivity contribution in [2.45, 2.75) is 6.42 Å². The van der Waals surface area contributed by atoms with E-state index in [-0.39, 0.29) is 5.82 Å². The summed E-state index contributed by atoms with van der Waals surface area (Å²) in [5.74, 6) is 0.925. The number of hydrogen-bond acceptors (Lipinski definition) is 4.